The van der Waals surface area contributed by atoms with Crippen LogP contribution in [-0.2, 0) is 4.79 Å². The summed E-state index contributed by atoms with van der Waals surface area (Å²) in [7, 11) is 0. The van der Waals surface area contributed by atoms with E-state index in [-0.39, 0.29) is 11.9 Å². The summed E-state index contributed by atoms with van der Waals surface area (Å²) >= 11 is 5.93. The summed E-state index contributed by atoms with van der Waals surface area (Å²) in [6, 6.07) is 4.94. The van der Waals surface area contributed by atoms with Gasteiger partial charge in [0.2, 0.25) is 5.91 Å². The van der Waals surface area contributed by atoms with Crippen LogP contribution in [0.5, 0.6) is 0 Å². The fourth-order valence-corrected chi connectivity index (χ4v) is 2.63. The molecule has 1 saturated heterocycles. The number of amides is 1. The van der Waals surface area contributed by atoms with Crippen LogP contribution in [0.2, 0.25) is 5.02 Å². The van der Waals surface area contributed by atoms with E-state index in [1.807, 2.05) is 6.92 Å². The van der Waals surface area contributed by atoms with E-state index in [4.69, 9.17) is 17.3 Å². The molecule has 1 aromatic carbocycles. The Hall–Kier alpha value is -1.26. The van der Waals surface area contributed by atoms with Crippen molar-refractivity contribution in [3.63, 3.8) is 0 Å². The summed E-state index contributed by atoms with van der Waals surface area (Å²) in [6.45, 7) is 6.14. The van der Waals surface area contributed by atoms with Crippen LogP contribution >= 0.6 is 11.6 Å². The number of nitrogens with one attached hydrogen (secondary N) is 1. The number of nitrogens with zero attached hydrogens (tertiary/aromatic N) is 1. The first kappa shape index (κ1) is 15.1. The van der Waals surface area contributed by atoms with E-state index in [2.05, 4.69) is 17.1 Å². The molecule has 5 heteroatoms. The zero-order valence-electron chi connectivity index (χ0n) is 12.0. The molecule has 3 N–H and O–H groups in total. The third-order valence-corrected chi connectivity index (χ3v) is 4.25. The Labute approximate surface area is 125 Å². The Morgan fingerprint density at radius 1 is 1.45 bits per heavy atom. The number of hydrogen-bond acceptors (Lipinski definition) is 3. The van der Waals surface area contributed by atoms with Gasteiger partial charge < -0.3 is 11.1 Å². The Kier molecular flexibility index (Phi) is 4.89. The van der Waals surface area contributed by atoms with Crippen molar-refractivity contribution in [1.82, 2.24) is 4.90 Å². The third kappa shape index (κ3) is 3.64. The van der Waals surface area contributed by atoms with Crippen LogP contribution < -0.4 is 11.1 Å². The summed E-state index contributed by atoms with van der Waals surface area (Å²) < 4.78 is 0. The number of nitrogen functional groups attached to an aromatic ring is 1. The minimum Gasteiger partial charge on any atom is -0.397 e. The number of carbonyl (C=O) groups excluding carboxylic acids is 1. The zero-order valence-corrected chi connectivity index (χ0v) is 12.8. The first-order chi connectivity index (χ1) is 9.47. The van der Waals surface area contributed by atoms with Gasteiger partial charge in [-0.3, -0.25) is 9.69 Å². The molecule has 0 aliphatic carbocycles. The molecule has 1 aromatic rings. The maximum absolute atomic E-state index is 12.3. The highest BCUT2D eigenvalue weighted by atomic mass is 35.5. The normalized spacial score (nSPS) is 18.8. The number of nitrogens with two attached hydrogens (primary N) is 1. The number of hydrogen-bond donors (Lipinski definition) is 2. The summed E-state index contributed by atoms with van der Waals surface area (Å²) in [4.78, 5) is 14.5. The first-order valence-electron chi connectivity index (χ1n) is 7.07. The molecule has 1 aliphatic heterocycles. The summed E-state index contributed by atoms with van der Waals surface area (Å²) in [6.07, 6.45) is 2.30. The average Bonchev–Trinajstić information content (AvgIpc) is 2.43. The highest BCUT2D eigenvalue weighted by Crippen LogP contribution is 2.24. The molecule has 4 nitrogen and oxygen atoms in total. The van der Waals surface area contributed by atoms with Gasteiger partial charge in [0.05, 0.1) is 17.4 Å². The van der Waals surface area contributed by atoms with Crippen molar-refractivity contribution in [3.8, 4) is 0 Å². The van der Waals surface area contributed by atoms with Crippen LogP contribution in [0.4, 0.5) is 11.4 Å². The van der Waals surface area contributed by atoms with Crippen molar-refractivity contribution in [2.24, 2.45) is 5.92 Å². The SMILES string of the molecule is CC1CCN(C(C)C(=O)Nc2cc(Cl)ccc2N)CC1. The van der Waals surface area contributed by atoms with Gasteiger partial charge in [-0.25, -0.2) is 0 Å². The molecular formula is C15H22ClN3O. The number of carbonyl (C=O) groups is 1. The number of piperidine rings is 1. The Balaban J connectivity index is 1.99. The predicted molar refractivity (Wildman–Crippen MR) is 83.9 cm³/mol. The molecule has 1 amide bonds. The van der Waals surface area contributed by atoms with Crippen molar-refractivity contribution in [2.45, 2.75) is 32.7 Å². The quantitative estimate of drug-likeness (QED) is 0.843. The maximum Gasteiger partial charge on any atom is 0.241 e. The Bertz CT molecular complexity index is 484. The lowest BCUT2D eigenvalue weighted by Gasteiger charge is -2.34. The van der Waals surface area contributed by atoms with Crippen LogP contribution in [0, 0.1) is 5.92 Å². The van der Waals surface area contributed by atoms with Crippen molar-refractivity contribution in [3.05, 3.63) is 23.2 Å². The number of benzene rings is 1. The molecule has 1 unspecified atom stereocenters. The van der Waals surface area contributed by atoms with Crippen molar-refractivity contribution >= 4 is 28.9 Å². The van der Waals surface area contributed by atoms with Crippen molar-refractivity contribution < 1.29 is 4.79 Å². The van der Waals surface area contributed by atoms with E-state index < -0.39 is 0 Å². The molecule has 0 spiro atoms. The molecule has 20 heavy (non-hydrogen) atoms. The zero-order chi connectivity index (χ0) is 14.7. The van der Waals surface area contributed by atoms with E-state index in [0.29, 0.717) is 16.4 Å². The fourth-order valence-electron chi connectivity index (χ4n) is 2.46. The number of likely N-dealkylation sites (tertiary alicyclic amines) is 1. The second kappa shape index (κ2) is 6.46. The smallest absolute Gasteiger partial charge is 0.241 e. The number of rotatable bonds is 3. The van der Waals surface area contributed by atoms with Gasteiger partial charge in [-0.2, -0.15) is 0 Å². The van der Waals surface area contributed by atoms with E-state index in [9.17, 15) is 4.79 Å². The van der Waals surface area contributed by atoms with Gasteiger partial charge in [-0.15, -0.1) is 0 Å². The Morgan fingerprint density at radius 2 is 2.10 bits per heavy atom. The molecule has 2 rings (SSSR count). The van der Waals surface area contributed by atoms with Gasteiger partial charge >= 0.3 is 0 Å². The predicted octanol–water partition coefficient (Wildman–Crippen LogP) is 2.98. The van der Waals surface area contributed by atoms with Crippen LogP contribution in [-0.4, -0.2) is 29.9 Å². The van der Waals surface area contributed by atoms with Gasteiger partial charge in [0.15, 0.2) is 0 Å². The number of halogens is 1. The topological polar surface area (TPSA) is 58.4 Å². The molecule has 1 atom stereocenters. The minimum absolute atomic E-state index is 0.0338. The molecule has 1 heterocycles. The van der Waals surface area contributed by atoms with Crippen LogP contribution in [0.25, 0.3) is 0 Å². The second-order valence-corrected chi connectivity index (χ2v) is 6.05. The fraction of sp³-hybridized carbons (Fsp3) is 0.533. The summed E-state index contributed by atoms with van der Waals surface area (Å²) in [5, 5.41) is 3.43. The van der Waals surface area contributed by atoms with Gasteiger partial charge in [0.1, 0.15) is 0 Å². The number of anilines is 2. The second-order valence-electron chi connectivity index (χ2n) is 5.62. The summed E-state index contributed by atoms with van der Waals surface area (Å²) in [5.41, 5.74) is 6.96. The molecule has 0 saturated carbocycles. The first-order valence-corrected chi connectivity index (χ1v) is 7.45. The van der Waals surface area contributed by atoms with Crippen molar-refractivity contribution in [2.75, 3.05) is 24.1 Å². The van der Waals surface area contributed by atoms with Gasteiger partial charge in [0, 0.05) is 5.02 Å². The van der Waals surface area contributed by atoms with Gasteiger partial charge in [0.25, 0.3) is 0 Å². The lowest BCUT2D eigenvalue weighted by Crippen LogP contribution is -2.45. The van der Waals surface area contributed by atoms with E-state index in [1.165, 1.54) is 0 Å². The molecule has 1 fully saturated rings. The maximum atomic E-state index is 12.3. The van der Waals surface area contributed by atoms with E-state index in [1.54, 1.807) is 18.2 Å². The molecule has 1 aliphatic rings. The van der Waals surface area contributed by atoms with Crippen LogP contribution in [0.15, 0.2) is 18.2 Å². The highest BCUT2D eigenvalue weighted by Gasteiger charge is 2.25. The van der Waals surface area contributed by atoms with Crippen LogP contribution in [0.3, 0.4) is 0 Å². The molecule has 0 aromatic heterocycles. The van der Waals surface area contributed by atoms with E-state index in [0.717, 1.165) is 31.8 Å². The summed E-state index contributed by atoms with van der Waals surface area (Å²) in [5.74, 6) is 0.721. The highest BCUT2D eigenvalue weighted by molar-refractivity contribution is 6.31. The molecule has 0 radical (unpaired) electrons. The minimum atomic E-state index is -0.152. The van der Waals surface area contributed by atoms with E-state index >= 15 is 0 Å². The molecular weight excluding hydrogens is 274 g/mol. The third-order valence-electron chi connectivity index (χ3n) is 4.02. The Morgan fingerprint density at radius 3 is 2.75 bits per heavy atom. The average molecular weight is 296 g/mol. The van der Waals surface area contributed by atoms with Gasteiger partial charge in [-0.1, -0.05) is 18.5 Å². The molecule has 110 valence electrons. The molecule has 0 bridgehead atoms. The van der Waals surface area contributed by atoms with Crippen molar-refractivity contribution in [1.29, 1.82) is 0 Å². The lowest BCUT2D eigenvalue weighted by molar-refractivity contribution is -0.121. The standard InChI is InChI=1S/C15H22ClN3O/c1-10-5-7-19(8-6-10)11(2)15(20)18-14-9-12(16)3-4-13(14)17/h3-4,9-11H,5-8,17H2,1-2H3,(H,18,20). The van der Waals surface area contributed by atoms with Crippen LogP contribution in [0.1, 0.15) is 26.7 Å². The lowest BCUT2D eigenvalue weighted by atomic mass is 9.98. The monoisotopic (exact) mass is 295 g/mol. The van der Waals surface area contributed by atoms with Gasteiger partial charge in [-0.05, 0) is 57.0 Å². The largest absolute Gasteiger partial charge is 0.397 e.